The second-order valence-electron chi connectivity index (χ2n) is 2.48. The molecule has 0 amide bonds. The minimum Gasteiger partial charge on any atom is -0.205 e. The highest BCUT2D eigenvalue weighted by Gasteiger charge is 2.10. The lowest BCUT2D eigenvalue weighted by molar-refractivity contribution is 0.581. The van der Waals surface area contributed by atoms with Crippen LogP contribution in [0.1, 0.15) is 19.4 Å². The van der Waals surface area contributed by atoms with Crippen molar-refractivity contribution in [2.75, 3.05) is 5.75 Å². The summed E-state index contributed by atoms with van der Waals surface area (Å²) in [4.78, 5) is 0. The highest BCUT2D eigenvalue weighted by molar-refractivity contribution is 7.89. The van der Waals surface area contributed by atoms with Gasteiger partial charge in [0.1, 0.15) is 0 Å². The van der Waals surface area contributed by atoms with E-state index in [2.05, 4.69) is 5.10 Å². The molecule has 0 radical (unpaired) electrons. The van der Waals surface area contributed by atoms with E-state index in [9.17, 15) is 8.42 Å². The summed E-state index contributed by atoms with van der Waals surface area (Å²) in [7, 11) is -3.18. The molecule has 1 rings (SSSR count). The summed E-state index contributed by atoms with van der Waals surface area (Å²) in [6.45, 7) is 3.56. The van der Waals surface area contributed by atoms with Crippen molar-refractivity contribution < 1.29 is 8.42 Å². The van der Waals surface area contributed by atoms with Gasteiger partial charge in [0, 0.05) is 6.20 Å². The second-order valence-corrected chi connectivity index (χ2v) is 4.59. The van der Waals surface area contributed by atoms with E-state index in [1.165, 1.54) is 0 Å². The molecule has 0 fully saturated rings. The van der Waals surface area contributed by atoms with Gasteiger partial charge in [0.05, 0.1) is 11.9 Å². The van der Waals surface area contributed by atoms with Crippen molar-refractivity contribution in [3.05, 3.63) is 18.0 Å². The fourth-order valence-corrected chi connectivity index (χ4v) is 1.56. The third kappa shape index (κ3) is 1.66. The van der Waals surface area contributed by atoms with E-state index >= 15 is 0 Å². The molecule has 1 aromatic heterocycles. The van der Waals surface area contributed by atoms with Crippen LogP contribution in [0.15, 0.2) is 12.4 Å². The molecular weight excluding hydrogens is 176 g/mol. The molecule has 0 bridgehead atoms. The van der Waals surface area contributed by atoms with Crippen molar-refractivity contribution in [1.82, 2.24) is 9.19 Å². The van der Waals surface area contributed by atoms with E-state index in [0.29, 0.717) is 0 Å². The average Bonchev–Trinajstić information content (AvgIpc) is 2.52. The van der Waals surface area contributed by atoms with Crippen LogP contribution in [-0.4, -0.2) is 23.4 Å². The average molecular weight is 188 g/mol. The molecule has 0 saturated carbocycles. The first-order valence-electron chi connectivity index (χ1n) is 3.87. The topological polar surface area (TPSA) is 52.0 Å². The molecule has 12 heavy (non-hydrogen) atoms. The zero-order valence-electron chi connectivity index (χ0n) is 7.19. The summed E-state index contributed by atoms with van der Waals surface area (Å²) >= 11 is 0. The fraction of sp³-hybridized carbons (Fsp3) is 0.571. The van der Waals surface area contributed by atoms with Crippen molar-refractivity contribution in [3.8, 4) is 0 Å². The lowest BCUT2D eigenvalue weighted by Gasteiger charge is -1.98. The van der Waals surface area contributed by atoms with Gasteiger partial charge in [-0.05, 0) is 18.9 Å². The largest absolute Gasteiger partial charge is 0.253 e. The summed E-state index contributed by atoms with van der Waals surface area (Å²) in [6, 6.07) is 0. The molecule has 68 valence electrons. The molecule has 0 aliphatic rings. The fourth-order valence-electron chi connectivity index (χ4n) is 0.807. The molecule has 1 aromatic rings. The minimum absolute atomic E-state index is 0.0812. The van der Waals surface area contributed by atoms with Gasteiger partial charge in [-0.1, -0.05) is 6.92 Å². The van der Waals surface area contributed by atoms with Crippen LogP contribution in [0, 0.1) is 0 Å². The molecule has 0 unspecified atom stereocenters. The third-order valence-corrected chi connectivity index (χ3v) is 3.17. The van der Waals surface area contributed by atoms with E-state index in [0.717, 1.165) is 16.1 Å². The molecule has 1 heterocycles. The smallest absolute Gasteiger partial charge is 0.205 e. The molecule has 0 atom stereocenters. The van der Waals surface area contributed by atoms with Crippen LogP contribution in [0.3, 0.4) is 0 Å². The standard InChI is InChI=1S/C7H12N2O2S/c1-3-7-5-8-9(6-7)12(10,11)4-2/h5-6H,3-4H2,1-2H3. The first-order valence-corrected chi connectivity index (χ1v) is 5.48. The van der Waals surface area contributed by atoms with Gasteiger partial charge in [-0.15, -0.1) is 0 Å². The Kier molecular flexibility index (Phi) is 2.52. The van der Waals surface area contributed by atoms with Crippen LogP contribution in [0.25, 0.3) is 0 Å². The number of rotatable bonds is 3. The normalized spacial score (nSPS) is 11.8. The lowest BCUT2D eigenvalue weighted by atomic mass is 10.3. The molecule has 0 aliphatic carbocycles. The number of nitrogens with zero attached hydrogens (tertiary/aromatic N) is 2. The van der Waals surface area contributed by atoms with Gasteiger partial charge in [0.25, 0.3) is 10.0 Å². The van der Waals surface area contributed by atoms with Crippen LogP contribution in [0.2, 0.25) is 0 Å². The Morgan fingerprint density at radius 1 is 1.50 bits per heavy atom. The molecule has 0 saturated heterocycles. The van der Waals surface area contributed by atoms with E-state index in [1.54, 1.807) is 19.3 Å². The maximum absolute atomic E-state index is 11.2. The highest BCUT2D eigenvalue weighted by Crippen LogP contribution is 2.01. The maximum Gasteiger partial charge on any atom is 0.253 e. The third-order valence-electron chi connectivity index (χ3n) is 1.67. The Balaban J connectivity index is 3.05. The van der Waals surface area contributed by atoms with Crippen molar-refractivity contribution in [1.29, 1.82) is 0 Å². The molecular formula is C7H12N2O2S. The van der Waals surface area contributed by atoms with Crippen molar-refractivity contribution in [3.63, 3.8) is 0 Å². The minimum atomic E-state index is -3.18. The van der Waals surface area contributed by atoms with Gasteiger partial charge in [-0.3, -0.25) is 0 Å². The van der Waals surface area contributed by atoms with Gasteiger partial charge >= 0.3 is 0 Å². The number of hydrogen-bond acceptors (Lipinski definition) is 3. The summed E-state index contributed by atoms with van der Waals surface area (Å²) < 4.78 is 23.5. The Morgan fingerprint density at radius 2 is 2.17 bits per heavy atom. The Labute approximate surface area is 72.3 Å². The van der Waals surface area contributed by atoms with Crippen LogP contribution >= 0.6 is 0 Å². The predicted molar refractivity (Wildman–Crippen MR) is 46.5 cm³/mol. The van der Waals surface area contributed by atoms with E-state index in [4.69, 9.17) is 0 Å². The molecule has 4 nitrogen and oxygen atoms in total. The summed E-state index contributed by atoms with van der Waals surface area (Å²) in [5.74, 6) is 0.0812. The molecule has 0 aromatic carbocycles. The summed E-state index contributed by atoms with van der Waals surface area (Å²) in [5.41, 5.74) is 0.937. The van der Waals surface area contributed by atoms with Gasteiger partial charge in [0.15, 0.2) is 0 Å². The van der Waals surface area contributed by atoms with Crippen LogP contribution in [0.4, 0.5) is 0 Å². The van der Waals surface area contributed by atoms with Crippen molar-refractivity contribution >= 4 is 10.0 Å². The molecule has 0 N–H and O–H groups in total. The monoisotopic (exact) mass is 188 g/mol. The van der Waals surface area contributed by atoms with Crippen LogP contribution in [0.5, 0.6) is 0 Å². The zero-order chi connectivity index (χ0) is 9.19. The first-order chi connectivity index (χ1) is 5.60. The molecule has 5 heteroatoms. The van der Waals surface area contributed by atoms with E-state index in [1.807, 2.05) is 6.92 Å². The quantitative estimate of drug-likeness (QED) is 0.699. The maximum atomic E-state index is 11.2. The zero-order valence-corrected chi connectivity index (χ0v) is 8.00. The molecule has 0 spiro atoms. The van der Waals surface area contributed by atoms with Gasteiger partial charge in [0.2, 0.25) is 0 Å². The lowest BCUT2D eigenvalue weighted by Crippen LogP contribution is -2.14. The Bertz CT molecular complexity index is 353. The van der Waals surface area contributed by atoms with Crippen LogP contribution in [-0.2, 0) is 16.4 Å². The van der Waals surface area contributed by atoms with Gasteiger partial charge < -0.3 is 0 Å². The summed E-state index contributed by atoms with van der Waals surface area (Å²) in [5, 5.41) is 3.76. The number of hydrogen-bond donors (Lipinski definition) is 0. The van der Waals surface area contributed by atoms with Crippen molar-refractivity contribution in [2.24, 2.45) is 0 Å². The Morgan fingerprint density at radius 3 is 2.58 bits per heavy atom. The SMILES string of the molecule is CCc1cnn(S(=O)(=O)CC)c1. The number of aromatic nitrogens is 2. The highest BCUT2D eigenvalue weighted by atomic mass is 32.2. The van der Waals surface area contributed by atoms with E-state index in [-0.39, 0.29) is 5.75 Å². The second kappa shape index (κ2) is 3.26. The number of aryl methyl sites for hydroxylation is 1. The van der Waals surface area contributed by atoms with Gasteiger partial charge in [-0.2, -0.15) is 9.19 Å². The predicted octanol–water partition coefficient (Wildman–Crippen LogP) is 0.643. The van der Waals surface area contributed by atoms with Crippen LogP contribution < -0.4 is 0 Å². The first kappa shape index (κ1) is 9.25. The van der Waals surface area contributed by atoms with Gasteiger partial charge in [-0.25, -0.2) is 8.42 Å². The summed E-state index contributed by atoms with van der Waals surface area (Å²) in [6.07, 6.45) is 3.94. The van der Waals surface area contributed by atoms with E-state index < -0.39 is 10.0 Å². The molecule has 0 aliphatic heterocycles. The Hall–Kier alpha value is -0.840. The van der Waals surface area contributed by atoms with Crippen molar-refractivity contribution in [2.45, 2.75) is 20.3 Å².